The van der Waals surface area contributed by atoms with Crippen LogP contribution in [0.3, 0.4) is 0 Å². The Morgan fingerprint density at radius 2 is 2.27 bits per heavy atom. The molecule has 0 aromatic heterocycles. The number of rotatable bonds is 5. The van der Waals surface area contributed by atoms with Gasteiger partial charge in [0.2, 0.25) is 0 Å². The molecule has 0 aliphatic heterocycles. The highest BCUT2D eigenvalue weighted by atomic mass is 16.5. The molecular weight excluding hydrogens is 190 g/mol. The molecule has 2 saturated carbocycles. The van der Waals surface area contributed by atoms with Gasteiger partial charge in [0.05, 0.1) is 12.2 Å². The lowest BCUT2D eigenvalue weighted by molar-refractivity contribution is -0.173. The zero-order valence-electron chi connectivity index (χ0n) is 9.83. The molecule has 15 heavy (non-hydrogen) atoms. The first-order valence-corrected chi connectivity index (χ1v) is 6.22. The van der Waals surface area contributed by atoms with Crippen molar-refractivity contribution in [2.24, 2.45) is 5.41 Å². The molecule has 3 heteroatoms. The minimum atomic E-state index is -0.242. The summed E-state index contributed by atoms with van der Waals surface area (Å²) in [4.78, 5) is 0. The van der Waals surface area contributed by atoms with Gasteiger partial charge in [-0.1, -0.05) is 6.42 Å². The van der Waals surface area contributed by atoms with Gasteiger partial charge in [-0.3, -0.25) is 0 Å². The normalized spacial score (nSPS) is 34.6. The minimum Gasteiger partial charge on any atom is -0.392 e. The summed E-state index contributed by atoms with van der Waals surface area (Å²) in [5, 5.41) is 12.7. The van der Waals surface area contributed by atoms with Crippen LogP contribution < -0.4 is 5.32 Å². The van der Waals surface area contributed by atoms with E-state index in [0.717, 1.165) is 13.0 Å². The largest absolute Gasteiger partial charge is 0.392 e. The predicted molar refractivity (Wildman–Crippen MR) is 59.8 cm³/mol. The monoisotopic (exact) mass is 213 g/mol. The molecule has 2 unspecified atom stereocenters. The van der Waals surface area contributed by atoms with Gasteiger partial charge in [-0.25, -0.2) is 0 Å². The number of nitrogens with one attached hydrogen (secondary N) is 1. The molecule has 0 aromatic carbocycles. The van der Waals surface area contributed by atoms with E-state index >= 15 is 0 Å². The van der Waals surface area contributed by atoms with E-state index in [4.69, 9.17) is 4.74 Å². The van der Waals surface area contributed by atoms with Crippen LogP contribution in [-0.4, -0.2) is 36.5 Å². The molecule has 0 amide bonds. The van der Waals surface area contributed by atoms with Crippen molar-refractivity contribution in [1.29, 1.82) is 0 Å². The maximum Gasteiger partial charge on any atom is 0.0661 e. The molecular formula is C12H23NO2. The summed E-state index contributed by atoms with van der Waals surface area (Å²) in [5.41, 5.74) is 0.422. The molecule has 2 aliphatic rings. The van der Waals surface area contributed by atoms with Crippen LogP contribution in [0.4, 0.5) is 0 Å². The van der Waals surface area contributed by atoms with Gasteiger partial charge in [-0.15, -0.1) is 0 Å². The average molecular weight is 213 g/mol. The lowest BCUT2D eigenvalue weighted by Gasteiger charge is -2.61. The van der Waals surface area contributed by atoms with Crippen LogP contribution in [0, 0.1) is 5.41 Å². The van der Waals surface area contributed by atoms with Crippen LogP contribution in [-0.2, 0) is 4.74 Å². The molecule has 0 saturated heterocycles. The number of hydrogen-bond donors (Lipinski definition) is 2. The third kappa shape index (κ3) is 1.93. The van der Waals surface area contributed by atoms with E-state index in [2.05, 4.69) is 12.2 Å². The molecule has 0 bridgehead atoms. The Labute approximate surface area is 92.2 Å². The van der Waals surface area contributed by atoms with E-state index in [1.807, 2.05) is 6.92 Å². The third-order valence-electron chi connectivity index (χ3n) is 4.10. The van der Waals surface area contributed by atoms with Gasteiger partial charge in [-0.2, -0.15) is 0 Å². The Balaban J connectivity index is 1.83. The number of aliphatic hydroxyl groups excluding tert-OH is 1. The molecule has 3 atom stereocenters. The predicted octanol–water partition coefficient (Wildman–Crippen LogP) is 1.30. The highest BCUT2D eigenvalue weighted by Crippen LogP contribution is 2.57. The number of aliphatic hydroxyl groups is 1. The number of hydrogen-bond acceptors (Lipinski definition) is 3. The van der Waals surface area contributed by atoms with Gasteiger partial charge in [-0.05, 0) is 33.1 Å². The third-order valence-corrected chi connectivity index (χ3v) is 4.10. The average Bonchev–Trinajstić information content (AvgIpc) is 2.06. The van der Waals surface area contributed by atoms with Crippen LogP contribution in [0.25, 0.3) is 0 Å². The van der Waals surface area contributed by atoms with Crippen molar-refractivity contribution >= 4 is 0 Å². The van der Waals surface area contributed by atoms with E-state index < -0.39 is 0 Å². The fraction of sp³-hybridized carbons (Fsp3) is 1.00. The van der Waals surface area contributed by atoms with Gasteiger partial charge >= 0.3 is 0 Å². The highest BCUT2D eigenvalue weighted by Gasteiger charge is 2.58. The molecule has 88 valence electrons. The van der Waals surface area contributed by atoms with Crippen LogP contribution >= 0.6 is 0 Å². The first-order chi connectivity index (χ1) is 7.19. The molecule has 1 spiro atoms. The fourth-order valence-electron chi connectivity index (χ4n) is 3.04. The van der Waals surface area contributed by atoms with Crippen molar-refractivity contribution in [3.63, 3.8) is 0 Å². The van der Waals surface area contributed by atoms with Crippen molar-refractivity contribution in [1.82, 2.24) is 5.32 Å². The van der Waals surface area contributed by atoms with Crippen LogP contribution in [0.2, 0.25) is 0 Å². The lowest BCUT2D eigenvalue weighted by atomic mass is 9.51. The van der Waals surface area contributed by atoms with Gasteiger partial charge in [0.15, 0.2) is 0 Å². The zero-order chi connectivity index (χ0) is 10.9. The Morgan fingerprint density at radius 3 is 2.73 bits per heavy atom. The van der Waals surface area contributed by atoms with E-state index in [1.165, 1.54) is 19.3 Å². The zero-order valence-corrected chi connectivity index (χ0v) is 9.83. The van der Waals surface area contributed by atoms with Crippen LogP contribution in [0.15, 0.2) is 0 Å². The van der Waals surface area contributed by atoms with Gasteiger partial charge in [0.1, 0.15) is 0 Å². The lowest BCUT2D eigenvalue weighted by Crippen LogP contribution is -2.67. The minimum absolute atomic E-state index is 0.242. The summed E-state index contributed by atoms with van der Waals surface area (Å²) >= 11 is 0. The molecule has 2 N–H and O–H groups in total. The Morgan fingerprint density at radius 1 is 1.53 bits per heavy atom. The second-order valence-electron chi connectivity index (χ2n) is 5.08. The van der Waals surface area contributed by atoms with E-state index in [9.17, 15) is 5.11 Å². The molecule has 0 aromatic rings. The standard InChI is InChI=1S/C12H23NO2/c1-3-15-11-7-10(13-8-9(2)14)12(11)5-4-6-12/h9-11,13-14H,3-8H2,1-2H3/t9-,10?,11?/m1/s1. The van der Waals surface area contributed by atoms with Crippen LogP contribution in [0.5, 0.6) is 0 Å². The van der Waals surface area contributed by atoms with E-state index in [0.29, 0.717) is 24.1 Å². The van der Waals surface area contributed by atoms with E-state index in [1.54, 1.807) is 0 Å². The summed E-state index contributed by atoms with van der Waals surface area (Å²) in [6.07, 6.45) is 5.30. The smallest absolute Gasteiger partial charge is 0.0661 e. The topological polar surface area (TPSA) is 41.5 Å². The van der Waals surface area contributed by atoms with Crippen molar-refractivity contribution < 1.29 is 9.84 Å². The first-order valence-electron chi connectivity index (χ1n) is 6.22. The maximum atomic E-state index is 9.26. The summed E-state index contributed by atoms with van der Waals surface area (Å²) in [6.45, 7) is 5.45. The first kappa shape index (κ1) is 11.4. The summed E-state index contributed by atoms with van der Waals surface area (Å²) < 4.78 is 5.77. The van der Waals surface area contributed by atoms with Gasteiger partial charge < -0.3 is 15.2 Å². The Bertz CT molecular complexity index is 214. The van der Waals surface area contributed by atoms with Crippen LogP contribution in [0.1, 0.15) is 39.5 Å². The fourth-order valence-corrected chi connectivity index (χ4v) is 3.04. The molecule has 0 heterocycles. The molecule has 3 nitrogen and oxygen atoms in total. The van der Waals surface area contributed by atoms with Crippen molar-refractivity contribution in [3.05, 3.63) is 0 Å². The quantitative estimate of drug-likeness (QED) is 0.723. The molecule has 2 rings (SSSR count). The highest BCUT2D eigenvalue weighted by molar-refractivity contribution is 5.12. The SMILES string of the molecule is CCOC1CC(NC[C@@H](C)O)C12CCC2. The molecule has 2 fully saturated rings. The van der Waals surface area contributed by atoms with Crippen molar-refractivity contribution in [2.75, 3.05) is 13.2 Å². The number of ether oxygens (including phenoxy) is 1. The summed E-state index contributed by atoms with van der Waals surface area (Å²) in [7, 11) is 0. The van der Waals surface area contributed by atoms with Crippen molar-refractivity contribution in [3.8, 4) is 0 Å². The maximum absolute atomic E-state index is 9.26. The van der Waals surface area contributed by atoms with Gasteiger partial charge in [0.25, 0.3) is 0 Å². The second-order valence-corrected chi connectivity index (χ2v) is 5.08. The Kier molecular flexibility index (Phi) is 3.33. The van der Waals surface area contributed by atoms with Crippen molar-refractivity contribution in [2.45, 2.75) is 57.8 Å². The summed E-state index contributed by atoms with van der Waals surface area (Å²) in [5.74, 6) is 0. The molecule has 2 aliphatic carbocycles. The van der Waals surface area contributed by atoms with E-state index in [-0.39, 0.29) is 6.10 Å². The summed E-state index contributed by atoms with van der Waals surface area (Å²) in [6, 6.07) is 0.581. The second kappa shape index (κ2) is 4.40. The van der Waals surface area contributed by atoms with Gasteiger partial charge in [0, 0.05) is 24.6 Å². The Hall–Kier alpha value is -0.120. The molecule has 0 radical (unpaired) electrons.